The molecule has 0 aromatic carbocycles. The Morgan fingerprint density at radius 3 is 2.78 bits per heavy atom. The van der Waals surface area contributed by atoms with E-state index < -0.39 is 0 Å². The molecule has 0 aliphatic rings. The molecular weight excluding hydrogens is 328 g/mol. The van der Waals surface area contributed by atoms with E-state index in [0.29, 0.717) is 12.6 Å². The largest absolute Gasteiger partial charge is 0.329 e. The summed E-state index contributed by atoms with van der Waals surface area (Å²) in [7, 11) is 2.14. The number of nitrogens with two attached hydrogens (primary N) is 1. The molecule has 1 unspecified atom stereocenters. The van der Waals surface area contributed by atoms with E-state index in [1.54, 1.807) is 11.3 Å². The van der Waals surface area contributed by atoms with Crippen molar-refractivity contribution >= 4 is 38.6 Å². The number of rotatable bonds is 5. The highest BCUT2D eigenvalue weighted by molar-refractivity contribution is 9.10. The molecule has 18 heavy (non-hydrogen) atoms. The Labute approximate surface area is 125 Å². The number of hydrogen-bond donors (Lipinski definition) is 1. The minimum absolute atomic E-state index is 0.292. The highest BCUT2D eigenvalue weighted by Crippen LogP contribution is 2.33. The van der Waals surface area contributed by atoms with Crippen LogP contribution in [0.1, 0.15) is 21.4 Å². The van der Waals surface area contributed by atoms with Gasteiger partial charge in [-0.2, -0.15) is 11.3 Å². The van der Waals surface area contributed by atoms with Gasteiger partial charge in [-0.15, -0.1) is 11.3 Å². The van der Waals surface area contributed by atoms with Crippen molar-refractivity contribution in [3.63, 3.8) is 0 Å². The van der Waals surface area contributed by atoms with Gasteiger partial charge in [0.2, 0.25) is 0 Å². The lowest BCUT2D eigenvalue weighted by Crippen LogP contribution is -2.29. The van der Waals surface area contributed by atoms with Crippen molar-refractivity contribution in [3.05, 3.63) is 42.7 Å². The number of nitrogens with zero attached hydrogens (tertiary/aromatic N) is 1. The van der Waals surface area contributed by atoms with Gasteiger partial charge in [-0.25, -0.2) is 0 Å². The van der Waals surface area contributed by atoms with E-state index in [0.717, 1.165) is 6.54 Å². The maximum Gasteiger partial charge on any atom is 0.0565 e. The van der Waals surface area contributed by atoms with Crippen LogP contribution in [0.3, 0.4) is 0 Å². The van der Waals surface area contributed by atoms with Crippen LogP contribution < -0.4 is 5.73 Å². The molecule has 2 aromatic rings. The average molecular weight is 345 g/mol. The first kappa shape index (κ1) is 14.2. The van der Waals surface area contributed by atoms with Crippen molar-refractivity contribution in [2.45, 2.75) is 19.5 Å². The fourth-order valence-corrected chi connectivity index (χ4v) is 4.34. The Kier molecular flexibility index (Phi) is 4.98. The van der Waals surface area contributed by atoms with Crippen molar-refractivity contribution in [1.29, 1.82) is 0 Å². The van der Waals surface area contributed by atoms with Crippen LogP contribution in [-0.4, -0.2) is 18.5 Å². The van der Waals surface area contributed by atoms with Crippen molar-refractivity contribution in [3.8, 4) is 0 Å². The lowest BCUT2D eigenvalue weighted by molar-refractivity contribution is 0.245. The number of hydrogen-bond acceptors (Lipinski definition) is 4. The van der Waals surface area contributed by atoms with Crippen molar-refractivity contribution in [2.24, 2.45) is 5.73 Å². The summed E-state index contributed by atoms with van der Waals surface area (Å²) in [5.74, 6) is 0. The summed E-state index contributed by atoms with van der Waals surface area (Å²) in [6, 6.07) is 4.66. The minimum Gasteiger partial charge on any atom is -0.329 e. The van der Waals surface area contributed by atoms with Crippen LogP contribution in [0.25, 0.3) is 0 Å². The standard InChI is InChI=1S/C13H17BrN2S2/c1-9-11(14)5-13(18-9)12(6-15)16(2)7-10-3-4-17-8-10/h3-5,8,12H,6-7,15H2,1-2H3. The van der Waals surface area contributed by atoms with Crippen LogP contribution in [0.15, 0.2) is 27.4 Å². The van der Waals surface area contributed by atoms with E-state index in [1.807, 2.05) is 11.3 Å². The molecule has 5 heteroatoms. The van der Waals surface area contributed by atoms with Gasteiger partial charge in [-0.05, 0) is 58.4 Å². The monoisotopic (exact) mass is 344 g/mol. The number of thiophene rings is 2. The van der Waals surface area contributed by atoms with Crippen LogP contribution in [0.5, 0.6) is 0 Å². The second kappa shape index (κ2) is 6.30. The first-order valence-corrected chi connectivity index (χ1v) is 8.34. The predicted molar refractivity (Wildman–Crippen MR) is 84.3 cm³/mol. The van der Waals surface area contributed by atoms with E-state index in [9.17, 15) is 0 Å². The smallest absolute Gasteiger partial charge is 0.0565 e. The Morgan fingerprint density at radius 2 is 2.28 bits per heavy atom. The summed E-state index contributed by atoms with van der Waals surface area (Å²) < 4.78 is 1.19. The quantitative estimate of drug-likeness (QED) is 0.887. The third kappa shape index (κ3) is 3.22. The van der Waals surface area contributed by atoms with Crippen molar-refractivity contribution in [2.75, 3.05) is 13.6 Å². The molecule has 2 N–H and O–H groups in total. The van der Waals surface area contributed by atoms with E-state index in [-0.39, 0.29) is 0 Å². The van der Waals surface area contributed by atoms with E-state index >= 15 is 0 Å². The Morgan fingerprint density at radius 1 is 1.50 bits per heavy atom. The molecule has 0 saturated carbocycles. The molecule has 0 bridgehead atoms. The Balaban J connectivity index is 2.12. The molecule has 0 aliphatic heterocycles. The van der Waals surface area contributed by atoms with Crippen LogP contribution in [0, 0.1) is 6.92 Å². The van der Waals surface area contributed by atoms with Gasteiger partial charge in [-0.3, -0.25) is 4.90 Å². The lowest BCUT2D eigenvalue weighted by Gasteiger charge is -2.25. The van der Waals surface area contributed by atoms with E-state index in [4.69, 9.17) is 5.73 Å². The maximum absolute atomic E-state index is 5.95. The summed E-state index contributed by atoms with van der Waals surface area (Å²) in [6.07, 6.45) is 0. The molecule has 2 rings (SSSR count). The summed E-state index contributed by atoms with van der Waals surface area (Å²) in [5.41, 5.74) is 7.30. The molecular formula is C13H17BrN2S2. The molecule has 2 aromatic heterocycles. The molecule has 98 valence electrons. The zero-order valence-corrected chi connectivity index (χ0v) is 13.7. The van der Waals surface area contributed by atoms with Crippen molar-refractivity contribution in [1.82, 2.24) is 4.90 Å². The van der Waals surface area contributed by atoms with Crippen LogP contribution in [-0.2, 0) is 6.54 Å². The fraction of sp³-hybridized carbons (Fsp3) is 0.385. The van der Waals surface area contributed by atoms with E-state index in [1.165, 1.54) is 19.8 Å². The molecule has 0 saturated heterocycles. The van der Waals surface area contributed by atoms with Gasteiger partial charge in [0.25, 0.3) is 0 Å². The summed E-state index contributed by atoms with van der Waals surface area (Å²) >= 11 is 7.14. The third-order valence-electron chi connectivity index (χ3n) is 2.97. The zero-order chi connectivity index (χ0) is 13.1. The normalized spacial score (nSPS) is 13.2. The van der Waals surface area contributed by atoms with Gasteiger partial charge in [0.15, 0.2) is 0 Å². The summed E-state index contributed by atoms with van der Waals surface area (Å²) in [6.45, 7) is 3.72. The number of aryl methyl sites for hydroxylation is 1. The topological polar surface area (TPSA) is 29.3 Å². The third-order valence-corrected chi connectivity index (χ3v) is 5.94. The Hall–Kier alpha value is -0.200. The molecule has 2 nitrogen and oxygen atoms in total. The van der Waals surface area contributed by atoms with Gasteiger partial charge in [0.05, 0.1) is 6.04 Å². The average Bonchev–Trinajstić information content (AvgIpc) is 2.92. The molecule has 1 atom stereocenters. The van der Waals surface area contributed by atoms with Crippen LogP contribution >= 0.6 is 38.6 Å². The maximum atomic E-state index is 5.95. The van der Waals surface area contributed by atoms with Gasteiger partial charge >= 0.3 is 0 Å². The Bertz CT molecular complexity index is 474. The second-order valence-electron chi connectivity index (χ2n) is 4.35. The summed E-state index contributed by atoms with van der Waals surface area (Å²) in [5, 5.41) is 4.31. The van der Waals surface area contributed by atoms with Crippen molar-refractivity contribution < 1.29 is 0 Å². The van der Waals surface area contributed by atoms with Gasteiger partial charge in [0, 0.05) is 27.3 Å². The number of likely N-dealkylation sites (N-methyl/N-ethyl adjacent to an activating group) is 1. The SMILES string of the molecule is Cc1sc(C(CN)N(C)Cc2ccsc2)cc1Br. The molecule has 0 fully saturated rings. The van der Waals surface area contributed by atoms with Gasteiger partial charge in [0.1, 0.15) is 0 Å². The predicted octanol–water partition coefficient (Wildman–Crippen LogP) is 4.01. The molecule has 2 heterocycles. The fourth-order valence-electron chi connectivity index (χ4n) is 1.94. The molecule has 0 amide bonds. The second-order valence-corrected chi connectivity index (χ2v) is 7.27. The first-order chi connectivity index (χ1) is 8.61. The van der Waals surface area contributed by atoms with Gasteiger partial charge in [-0.1, -0.05) is 0 Å². The number of halogens is 1. The summed E-state index contributed by atoms with van der Waals surface area (Å²) in [4.78, 5) is 4.96. The van der Waals surface area contributed by atoms with Crippen LogP contribution in [0.2, 0.25) is 0 Å². The van der Waals surface area contributed by atoms with E-state index in [2.05, 4.69) is 57.7 Å². The minimum atomic E-state index is 0.292. The molecule has 0 spiro atoms. The van der Waals surface area contributed by atoms with Crippen LogP contribution in [0.4, 0.5) is 0 Å². The van der Waals surface area contributed by atoms with Gasteiger partial charge < -0.3 is 5.73 Å². The highest BCUT2D eigenvalue weighted by Gasteiger charge is 2.18. The lowest BCUT2D eigenvalue weighted by atomic mass is 10.2. The molecule has 0 radical (unpaired) electrons. The first-order valence-electron chi connectivity index (χ1n) is 5.79. The molecule has 0 aliphatic carbocycles. The highest BCUT2D eigenvalue weighted by atomic mass is 79.9. The zero-order valence-electron chi connectivity index (χ0n) is 10.5.